The van der Waals surface area contributed by atoms with E-state index in [4.69, 9.17) is 15.2 Å². The second-order valence-corrected chi connectivity index (χ2v) is 14.0. The van der Waals surface area contributed by atoms with Gasteiger partial charge in [0, 0.05) is 35.2 Å². The van der Waals surface area contributed by atoms with E-state index in [-0.39, 0.29) is 36.1 Å². The summed E-state index contributed by atoms with van der Waals surface area (Å²) in [6, 6.07) is 17.6. The van der Waals surface area contributed by atoms with Crippen LogP contribution < -0.4 is 31.2 Å². The van der Waals surface area contributed by atoms with Crippen molar-refractivity contribution < 1.29 is 23.9 Å². The van der Waals surface area contributed by atoms with Gasteiger partial charge in [-0.3, -0.25) is 14.4 Å². The summed E-state index contributed by atoms with van der Waals surface area (Å²) in [5.74, 6) is 1.10. The third-order valence-electron chi connectivity index (χ3n) is 10.4. The summed E-state index contributed by atoms with van der Waals surface area (Å²) >= 11 is 0. The molecule has 53 heavy (non-hydrogen) atoms. The molecule has 2 aliphatic rings. The third kappa shape index (κ3) is 9.37. The Balaban J connectivity index is 1.18. The van der Waals surface area contributed by atoms with Crippen LogP contribution in [-0.2, 0) is 16.0 Å². The zero-order valence-electron chi connectivity index (χ0n) is 30.6. The number of piperidine rings is 1. The fourth-order valence-electron chi connectivity index (χ4n) is 7.17. The SMILES string of the molecule is COc1cc(C(=O)NC2CCN(C)CC2)cc(OC)c1-c1ccc(C[C@H](NC(=O)[C@H]2CC[C@H](CN)CC2)C(=O)Nc2ccc(-c3nn[nH]n3)cc2)cc1. The van der Waals surface area contributed by atoms with Crippen molar-refractivity contribution in [1.82, 2.24) is 36.2 Å². The fourth-order valence-corrected chi connectivity index (χ4v) is 7.17. The number of hydrogen-bond acceptors (Lipinski definition) is 10. The van der Waals surface area contributed by atoms with E-state index in [0.717, 1.165) is 68.3 Å². The standard InChI is InChI=1S/C39H49N9O5/c1-48-18-16-31(17-19-48)41-38(50)29-21-33(52-2)35(34(22-29)53-3)26-8-4-24(5-9-26)20-32(43-37(49)28-10-6-25(23-40)7-11-28)39(51)42-30-14-12-27(13-15-30)36-44-46-47-45-36/h4-5,8-9,12-15,21-22,25,28,31-32H,6-7,10-11,16-20,23,40H2,1-3H3,(H,41,50)(H,42,51)(H,43,49)(H,44,45,46,47)/t25-,28-,32-/m0/s1. The van der Waals surface area contributed by atoms with Crippen molar-refractivity contribution >= 4 is 23.4 Å². The average molecular weight is 724 g/mol. The van der Waals surface area contributed by atoms with Crippen LogP contribution >= 0.6 is 0 Å². The Kier molecular flexibility index (Phi) is 12.3. The molecule has 1 saturated heterocycles. The number of hydrogen-bond donors (Lipinski definition) is 5. The molecular weight excluding hydrogens is 674 g/mol. The lowest BCUT2D eigenvalue weighted by Gasteiger charge is -2.29. The van der Waals surface area contributed by atoms with Gasteiger partial charge < -0.3 is 36.1 Å². The molecule has 0 spiro atoms. The summed E-state index contributed by atoms with van der Waals surface area (Å²) in [5, 5.41) is 23.2. The highest BCUT2D eigenvalue weighted by molar-refractivity contribution is 5.98. The van der Waals surface area contributed by atoms with Gasteiger partial charge in [0.05, 0.1) is 19.8 Å². The first kappa shape index (κ1) is 37.4. The van der Waals surface area contributed by atoms with E-state index in [0.29, 0.717) is 46.6 Å². The van der Waals surface area contributed by atoms with Crippen LogP contribution in [0.5, 0.6) is 11.5 Å². The number of methoxy groups -OCH3 is 2. The highest BCUT2D eigenvalue weighted by Crippen LogP contribution is 2.40. The topological polar surface area (TPSA) is 189 Å². The van der Waals surface area contributed by atoms with Crippen LogP contribution in [0.1, 0.15) is 54.4 Å². The molecule has 0 radical (unpaired) electrons. The smallest absolute Gasteiger partial charge is 0.251 e. The van der Waals surface area contributed by atoms with E-state index in [9.17, 15) is 14.4 Å². The highest BCUT2D eigenvalue weighted by atomic mass is 16.5. The van der Waals surface area contributed by atoms with E-state index in [2.05, 4.69) is 48.5 Å². The van der Waals surface area contributed by atoms with Gasteiger partial charge in [0.2, 0.25) is 17.6 Å². The van der Waals surface area contributed by atoms with Gasteiger partial charge in [-0.05, 0) is 124 Å². The zero-order valence-corrected chi connectivity index (χ0v) is 30.6. The number of carbonyl (C=O) groups is 3. The van der Waals surface area contributed by atoms with E-state index < -0.39 is 6.04 Å². The summed E-state index contributed by atoms with van der Waals surface area (Å²) < 4.78 is 11.6. The second-order valence-electron chi connectivity index (χ2n) is 14.0. The van der Waals surface area contributed by atoms with Crippen LogP contribution in [0.4, 0.5) is 5.69 Å². The summed E-state index contributed by atoms with van der Waals surface area (Å²) in [5.41, 5.74) is 10.0. The zero-order chi connectivity index (χ0) is 37.3. The van der Waals surface area contributed by atoms with Crippen LogP contribution in [0.15, 0.2) is 60.7 Å². The van der Waals surface area contributed by atoms with Crippen molar-refractivity contribution in [3.63, 3.8) is 0 Å². The Labute approximate surface area is 309 Å². The van der Waals surface area contributed by atoms with Gasteiger partial charge in [0.1, 0.15) is 17.5 Å². The fraction of sp³-hybridized carbons (Fsp3) is 0.436. The number of benzene rings is 3. The molecule has 14 nitrogen and oxygen atoms in total. The second kappa shape index (κ2) is 17.5. The number of nitrogens with one attached hydrogen (secondary N) is 4. The first-order chi connectivity index (χ1) is 25.7. The van der Waals surface area contributed by atoms with E-state index >= 15 is 0 Å². The lowest BCUT2D eigenvalue weighted by Crippen LogP contribution is -2.48. The minimum atomic E-state index is -0.830. The molecule has 1 atom stereocenters. The third-order valence-corrected chi connectivity index (χ3v) is 10.4. The van der Waals surface area contributed by atoms with E-state index in [1.165, 1.54) is 0 Å². The van der Waals surface area contributed by atoms with Gasteiger partial charge in [-0.25, -0.2) is 0 Å². The van der Waals surface area contributed by atoms with Crippen LogP contribution in [0.3, 0.4) is 0 Å². The van der Waals surface area contributed by atoms with Gasteiger partial charge in [-0.1, -0.05) is 24.3 Å². The maximum absolute atomic E-state index is 13.8. The molecule has 0 bridgehead atoms. The number of amides is 3. The van der Waals surface area contributed by atoms with Gasteiger partial charge >= 0.3 is 0 Å². The van der Waals surface area contributed by atoms with E-state index in [1.54, 1.807) is 50.6 Å². The number of nitrogens with zero attached hydrogens (tertiary/aromatic N) is 4. The van der Waals surface area contributed by atoms with Crippen molar-refractivity contribution in [3.8, 4) is 34.0 Å². The summed E-state index contributed by atoms with van der Waals surface area (Å²) in [4.78, 5) is 42.8. The lowest BCUT2D eigenvalue weighted by molar-refractivity contribution is -0.130. The maximum atomic E-state index is 13.8. The minimum absolute atomic E-state index is 0.119. The molecule has 280 valence electrons. The van der Waals surface area contributed by atoms with Crippen LogP contribution in [0.2, 0.25) is 0 Å². The largest absolute Gasteiger partial charge is 0.496 e. The Morgan fingerprint density at radius 3 is 2.13 bits per heavy atom. The number of anilines is 1. The first-order valence-electron chi connectivity index (χ1n) is 18.2. The molecule has 6 rings (SSSR count). The molecule has 14 heteroatoms. The number of aromatic amines is 1. The van der Waals surface area contributed by atoms with Crippen LogP contribution in [0.25, 0.3) is 22.5 Å². The van der Waals surface area contributed by atoms with Gasteiger partial charge in [-0.2, -0.15) is 5.21 Å². The Hall–Kier alpha value is -5.34. The molecule has 4 aromatic rings. The Morgan fingerprint density at radius 1 is 0.906 bits per heavy atom. The summed E-state index contributed by atoms with van der Waals surface area (Å²) in [7, 11) is 5.22. The minimum Gasteiger partial charge on any atom is -0.496 e. The van der Waals surface area contributed by atoms with Crippen molar-refractivity contribution in [2.24, 2.45) is 17.6 Å². The quantitative estimate of drug-likeness (QED) is 0.136. The summed E-state index contributed by atoms with van der Waals surface area (Å²) in [6.45, 7) is 2.51. The number of H-pyrrole nitrogens is 1. The van der Waals surface area contributed by atoms with Gasteiger partial charge in [0.25, 0.3) is 5.91 Å². The van der Waals surface area contributed by atoms with Crippen LogP contribution in [-0.4, -0.2) is 96.2 Å². The molecule has 6 N–H and O–H groups in total. The predicted octanol–water partition coefficient (Wildman–Crippen LogP) is 3.81. The maximum Gasteiger partial charge on any atom is 0.251 e. The summed E-state index contributed by atoms with van der Waals surface area (Å²) in [6.07, 6.45) is 5.36. The lowest BCUT2D eigenvalue weighted by atomic mass is 9.81. The van der Waals surface area contributed by atoms with Crippen molar-refractivity contribution in [2.45, 2.75) is 57.0 Å². The van der Waals surface area contributed by atoms with Crippen molar-refractivity contribution in [2.75, 3.05) is 46.2 Å². The predicted molar refractivity (Wildman–Crippen MR) is 201 cm³/mol. The van der Waals surface area contributed by atoms with Gasteiger partial charge in [0.15, 0.2) is 0 Å². The normalized spacial score (nSPS) is 18.5. The molecule has 1 aromatic heterocycles. The number of nitrogens with two attached hydrogens (primary N) is 1. The molecular formula is C39H49N9O5. The number of carbonyl (C=O) groups excluding carboxylic acids is 3. The molecule has 1 aliphatic heterocycles. The average Bonchev–Trinajstić information content (AvgIpc) is 3.74. The number of aromatic nitrogens is 4. The first-order valence-corrected chi connectivity index (χ1v) is 18.2. The Morgan fingerprint density at radius 2 is 1.55 bits per heavy atom. The van der Waals surface area contributed by atoms with E-state index in [1.807, 2.05) is 24.3 Å². The highest BCUT2D eigenvalue weighted by Gasteiger charge is 2.30. The Bertz CT molecular complexity index is 1810. The molecule has 3 amide bonds. The van der Waals surface area contributed by atoms with Crippen molar-refractivity contribution in [3.05, 3.63) is 71.8 Å². The molecule has 2 heterocycles. The molecule has 3 aromatic carbocycles. The molecule has 1 saturated carbocycles. The monoisotopic (exact) mass is 723 g/mol. The molecule has 2 fully saturated rings. The number of ether oxygens (including phenoxy) is 2. The number of likely N-dealkylation sites (tertiary alicyclic amines) is 1. The number of tetrazole rings is 1. The molecule has 1 aliphatic carbocycles. The number of rotatable bonds is 13. The molecule has 0 unspecified atom stereocenters. The van der Waals surface area contributed by atoms with Crippen LogP contribution in [0, 0.1) is 11.8 Å². The van der Waals surface area contributed by atoms with Crippen molar-refractivity contribution in [1.29, 1.82) is 0 Å². The van der Waals surface area contributed by atoms with Gasteiger partial charge in [-0.15, -0.1) is 10.2 Å².